The minimum Gasteiger partial charge on any atom is -0.481 e. The number of rotatable bonds is 6. The normalized spacial score (nSPS) is 20.7. The molecule has 0 bridgehead atoms. The van der Waals surface area contributed by atoms with Gasteiger partial charge in [-0.1, -0.05) is 38.2 Å². The van der Waals surface area contributed by atoms with Crippen molar-refractivity contribution in [3.05, 3.63) is 35.5 Å². The highest BCUT2D eigenvalue weighted by atomic mass is 16.5. The van der Waals surface area contributed by atoms with Crippen molar-refractivity contribution < 1.29 is 24.2 Å². The van der Waals surface area contributed by atoms with Crippen molar-refractivity contribution in [2.24, 2.45) is 5.41 Å². The molecule has 5 heteroatoms. The molecule has 0 spiro atoms. The highest BCUT2D eigenvalue weighted by Gasteiger charge is 2.39. The lowest BCUT2D eigenvalue weighted by Gasteiger charge is -2.36. The van der Waals surface area contributed by atoms with Gasteiger partial charge in [-0.3, -0.25) is 14.4 Å². The molecule has 0 saturated carbocycles. The van der Waals surface area contributed by atoms with Crippen LogP contribution in [0.4, 0.5) is 0 Å². The van der Waals surface area contributed by atoms with Crippen molar-refractivity contribution >= 4 is 17.7 Å². The molecule has 1 aliphatic rings. The Morgan fingerprint density at radius 1 is 1.39 bits per heavy atom. The van der Waals surface area contributed by atoms with Crippen LogP contribution in [-0.4, -0.2) is 28.9 Å². The number of ketones is 1. The highest BCUT2D eigenvalue weighted by molar-refractivity contribution is 6.01. The minimum atomic E-state index is -1.07. The fourth-order valence-corrected chi connectivity index (χ4v) is 2.65. The first kappa shape index (κ1) is 18.9. The molecule has 0 aromatic rings. The van der Waals surface area contributed by atoms with Crippen molar-refractivity contribution in [1.29, 1.82) is 0 Å². The molecule has 23 heavy (non-hydrogen) atoms. The lowest BCUT2D eigenvalue weighted by atomic mass is 9.71. The van der Waals surface area contributed by atoms with E-state index in [0.29, 0.717) is 12.0 Å². The first-order valence-corrected chi connectivity index (χ1v) is 7.55. The van der Waals surface area contributed by atoms with Crippen molar-refractivity contribution in [2.45, 2.75) is 53.1 Å². The van der Waals surface area contributed by atoms with Gasteiger partial charge in [-0.25, -0.2) is 0 Å². The van der Waals surface area contributed by atoms with Crippen LogP contribution < -0.4 is 0 Å². The van der Waals surface area contributed by atoms with Crippen molar-refractivity contribution in [3.8, 4) is 0 Å². The highest BCUT2D eigenvalue weighted by Crippen LogP contribution is 2.40. The van der Waals surface area contributed by atoms with Gasteiger partial charge in [-0.05, 0) is 30.4 Å². The molecular weight excluding hydrogens is 296 g/mol. The zero-order chi connectivity index (χ0) is 17.8. The van der Waals surface area contributed by atoms with E-state index in [9.17, 15) is 14.4 Å². The zero-order valence-corrected chi connectivity index (χ0v) is 14.1. The molecule has 5 nitrogen and oxygen atoms in total. The monoisotopic (exact) mass is 320 g/mol. The number of aliphatic carboxylic acids is 1. The Morgan fingerprint density at radius 3 is 2.52 bits per heavy atom. The predicted molar refractivity (Wildman–Crippen MR) is 86.8 cm³/mol. The van der Waals surface area contributed by atoms with Crippen LogP contribution >= 0.6 is 0 Å². The molecular formula is C18H24O5. The molecule has 0 amide bonds. The van der Waals surface area contributed by atoms with Crippen molar-refractivity contribution in [2.75, 3.05) is 0 Å². The number of esters is 1. The maximum absolute atomic E-state index is 12.4. The van der Waals surface area contributed by atoms with Gasteiger partial charge in [-0.15, -0.1) is 0 Å². The van der Waals surface area contributed by atoms with Gasteiger partial charge in [0.15, 0.2) is 11.9 Å². The number of Topliss-reactive ketones (excluding diaryl/α,β-unsaturated/α-hetero) is 1. The molecule has 1 rings (SSSR count). The number of carbonyl (C=O) groups excluding carboxylic acids is 2. The van der Waals surface area contributed by atoms with Crippen LogP contribution in [0.15, 0.2) is 35.5 Å². The molecule has 0 aromatic heterocycles. The lowest BCUT2D eigenvalue weighted by Crippen LogP contribution is -2.39. The van der Waals surface area contributed by atoms with E-state index < -0.39 is 18.0 Å². The number of allylic oxidation sites excluding steroid dienone is 4. The van der Waals surface area contributed by atoms with Gasteiger partial charge in [0.1, 0.15) is 0 Å². The molecule has 0 radical (unpaired) electrons. The first-order valence-electron chi connectivity index (χ1n) is 7.55. The van der Waals surface area contributed by atoms with E-state index in [-0.39, 0.29) is 24.0 Å². The predicted octanol–water partition coefficient (Wildman–Crippen LogP) is 3.21. The van der Waals surface area contributed by atoms with Crippen LogP contribution in [0, 0.1) is 5.41 Å². The Hall–Kier alpha value is -2.17. The summed E-state index contributed by atoms with van der Waals surface area (Å²) < 4.78 is 5.21. The summed E-state index contributed by atoms with van der Waals surface area (Å²) in [5.41, 5.74) is 2.02. The van der Waals surface area contributed by atoms with Gasteiger partial charge in [0.2, 0.25) is 0 Å². The minimum absolute atomic E-state index is 0.227. The quantitative estimate of drug-likeness (QED) is 0.600. The van der Waals surface area contributed by atoms with Gasteiger partial charge in [0.25, 0.3) is 0 Å². The van der Waals surface area contributed by atoms with Crippen LogP contribution in [0.3, 0.4) is 0 Å². The average Bonchev–Trinajstić information content (AvgIpc) is 2.41. The summed E-state index contributed by atoms with van der Waals surface area (Å²) in [7, 11) is 0. The first-order chi connectivity index (χ1) is 10.5. The number of hydrogen-bond acceptors (Lipinski definition) is 4. The molecule has 1 N–H and O–H groups in total. The Kier molecular flexibility index (Phi) is 6.07. The summed E-state index contributed by atoms with van der Waals surface area (Å²) in [6.07, 6.45) is 2.73. The van der Waals surface area contributed by atoms with Crippen LogP contribution in [0.2, 0.25) is 0 Å². The average molecular weight is 320 g/mol. The number of carboxylic acids is 1. The maximum atomic E-state index is 12.4. The third-order valence-corrected chi connectivity index (χ3v) is 3.84. The van der Waals surface area contributed by atoms with Gasteiger partial charge in [-0.2, -0.15) is 0 Å². The zero-order valence-electron chi connectivity index (χ0n) is 14.1. The summed E-state index contributed by atoms with van der Waals surface area (Å²) in [5.74, 6) is -1.95. The standard InChI is InChI=1S/C18H24O5/c1-11(2)6-7-13-12(3)17(22)14(10-18(13,4)5)23-16(21)9-8-15(19)20/h6-7,14H,1,8-10H2,2-5H3,(H,19,20). The van der Waals surface area contributed by atoms with E-state index in [1.807, 2.05) is 32.9 Å². The molecule has 126 valence electrons. The summed E-state index contributed by atoms with van der Waals surface area (Å²) in [6, 6.07) is 0. The molecule has 0 saturated heterocycles. The van der Waals surface area contributed by atoms with Crippen molar-refractivity contribution in [1.82, 2.24) is 0 Å². The SMILES string of the molecule is C=C(C)C=CC1=C(C)C(=O)C(OC(=O)CCC(=O)O)CC1(C)C. The van der Waals surface area contributed by atoms with Crippen molar-refractivity contribution in [3.63, 3.8) is 0 Å². The molecule has 0 heterocycles. The van der Waals surface area contributed by atoms with Gasteiger partial charge in [0.05, 0.1) is 12.8 Å². The van der Waals surface area contributed by atoms with E-state index in [4.69, 9.17) is 9.84 Å². The second-order valence-electron chi connectivity index (χ2n) is 6.54. The van der Waals surface area contributed by atoms with Gasteiger partial charge in [0, 0.05) is 6.42 Å². The summed E-state index contributed by atoms with van der Waals surface area (Å²) in [5, 5.41) is 8.59. The smallest absolute Gasteiger partial charge is 0.307 e. The Labute approximate surface area is 136 Å². The maximum Gasteiger partial charge on any atom is 0.307 e. The largest absolute Gasteiger partial charge is 0.481 e. The van der Waals surface area contributed by atoms with E-state index in [0.717, 1.165) is 11.1 Å². The van der Waals surface area contributed by atoms with Gasteiger partial charge < -0.3 is 9.84 Å². The summed E-state index contributed by atoms with van der Waals surface area (Å²) in [6.45, 7) is 11.4. The Balaban J connectivity index is 2.94. The van der Waals surface area contributed by atoms with Crippen LogP contribution in [-0.2, 0) is 19.1 Å². The van der Waals surface area contributed by atoms with E-state index in [1.165, 1.54) is 0 Å². The number of hydrogen-bond donors (Lipinski definition) is 1. The van der Waals surface area contributed by atoms with Crippen LogP contribution in [0.5, 0.6) is 0 Å². The second kappa shape index (κ2) is 7.40. The second-order valence-corrected chi connectivity index (χ2v) is 6.54. The Bertz CT molecular complexity index is 593. The van der Waals surface area contributed by atoms with Gasteiger partial charge >= 0.3 is 11.9 Å². The molecule has 1 aliphatic carbocycles. The lowest BCUT2D eigenvalue weighted by molar-refractivity contribution is -0.157. The molecule has 1 atom stereocenters. The number of carboxylic acid groups (broad SMARTS) is 1. The molecule has 0 fully saturated rings. The van der Waals surface area contributed by atoms with Crippen LogP contribution in [0.25, 0.3) is 0 Å². The van der Waals surface area contributed by atoms with E-state index in [2.05, 4.69) is 6.58 Å². The number of ether oxygens (including phenoxy) is 1. The molecule has 0 aromatic carbocycles. The third-order valence-electron chi connectivity index (χ3n) is 3.84. The third kappa shape index (κ3) is 5.20. The number of carbonyl (C=O) groups is 3. The fraction of sp³-hybridized carbons (Fsp3) is 0.500. The van der Waals surface area contributed by atoms with Crippen LogP contribution in [0.1, 0.15) is 47.0 Å². The Morgan fingerprint density at radius 2 is 2.00 bits per heavy atom. The van der Waals surface area contributed by atoms with E-state index in [1.54, 1.807) is 6.92 Å². The fourth-order valence-electron chi connectivity index (χ4n) is 2.65. The topological polar surface area (TPSA) is 80.7 Å². The molecule has 0 aliphatic heterocycles. The summed E-state index contributed by atoms with van der Waals surface area (Å²) in [4.78, 5) is 34.6. The summed E-state index contributed by atoms with van der Waals surface area (Å²) >= 11 is 0. The molecule has 1 unspecified atom stereocenters. The van der Waals surface area contributed by atoms with E-state index >= 15 is 0 Å².